The fourth-order valence-corrected chi connectivity index (χ4v) is 2.16. The molecule has 0 unspecified atom stereocenters. The van der Waals surface area contributed by atoms with Crippen LogP contribution in [0.25, 0.3) is 0 Å². The van der Waals surface area contributed by atoms with E-state index in [1.165, 1.54) is 11.1 Å². The van der Waals surface area contributed by atoms with Crippen molar-refractivity contribution in [2.24, 2.45) is 0 Å². The lowest BCUT2D eigenvalue weighted by molar-refractivity contribution is 0.391. The molecule has 1 aromatic carbocycles. The molecule has 0 saturated carbocycles. The predicted molar refractivity (Wildman–Crippen MR) is 77.0 cm³/mol. The summed E-state index contributed by atoms with van der Waals surface area (Å²) < 4.78 is 5.17. The van der Waals surface area contributed by atoms with Gasteiger partial charge in [-0.15, -0.1) is 0 Å². The van der Waals surface area contributed by atoms with Crippen molar-refractivity contribution in [1.82, 2.24) is 10.5 Å². The fourth-order valence-electron chi connectivity index (χ4n) is 2.16. The van der Waals surface area contributed by atoms with Crippen molar-refractivity contribution in [3.05, 3.63) is 52.9 Å². The molecule has 0 fully saturated rings. The van der Waals surface area contributed by atoms with Crippen LogP contribution in [0.2, 0.25) is 0 Å². The number of aromatic nitrogens is 1. The van der Waals surface area contributed by atoms with Crippen molar-refractivity contribution in [1.29, 1.82) is 0 Å². The second-order valence-corrected chi connectivity index (χ2v) is 5.11. The SMILES string of the molecule is Cc1noc(C)c1CN[C@@H](C)CCc1ccccc1. The quantitative estimate of drug-likeness (QED) is 0.863. The number of hydrogen-bond donors (Lipinski definition) is 1. The van der Waals surface area contributed by atoms with E-state index in [9.17, 15) is 0 Å². The number of hydrogen-bond acceptors (Lipinski definition) is 3. The second kappa shape index (κ2) is 6.53. The minimum Gasteiger partial charge on any atom is -0.361 e. The zero-order valence-corrected chi connectivity index (χ0v) is 11.9. The molecule has 0 spiro atoms. The van der Waals surface area contributed by atoms with E-state index in [1.54, 1.807) is 0 Å². The molecule has 3 nitrogen and oxygen atoms in total. The zero-order chi connectivity index (χ0) is 13.7. The van der Waals surface area contributed by atoms with Gasteiger partial charge in [0.15, 0.2) is 0 Å². The standard InChI is InChI=1S/C16H22N2O/c1-12(9-10-15-7-5-4-6-8-15)17-11-16-13(2)18-19-14(16)3/h4-8,12,17H,9-11H2,1-3H3/t12-/m0/s1. The van der Waals surface area contributed by atoms with Crippen LogP contribution >= 0.6 is 0 Å². The molecule has 0 saturated heterocycles. The first-order valence-electron chi connectivity index (χ1n) is 6.86. The van der Waals surface area contributed by atoms with E-state index in [0.717, 1.165) is 30.8 Å². The van der Waals surface area contributed by atoms with Gasteiger partial charge in [-0.3, -0.25) is 0 Å². The molecule has 1 aromatic heterocycles. The molecule has 0 amide bonds. The highest BCUT2D eigenvalue weighted by atomic mass is 16.5. The Bertz CT molecular complexity index is 485. The Kier molecular flexibility index (Phi) is 4.74. The third kappa shape index (κ3) is 3.93. The molecule has 0 bridgehead atoms. The van der Waals surface area contributed by atoms with Gasteiger partial charge in [0.05, 0.1) is 5.69 Å². The molecular formula is C16H22N2O. The van der Waals surface area contributed by atoms with Gasteiger partial charge in [0.25, 0.3) is 0 Å². The molecule has 19 heavy (non-hydrogen) atoms. The van der Waals surface area contributed by atoms with E-state index in [1.807, 2.05) is 13.8 Å². The fraction of sp³-hybridized carbons (Fsp3) is 0.438. The lowest BCUT2D eigenvalue weighted by Gasteiger charge is -2.13. The number of nitrogens with one attached hydrogen (secondary N) is 1. The largest absolute Gasteiger partial charge is 0.361 e. The van der Waals surface area contributed by atoms with E-state index >= 15 is 0 Å². The average molecular weight is 258 g/mol. The van der Waals surface area contributed by atoms with Crippen LogP contribution in [0, 0.1) is 13.8 Å². The highest BCUT2D eigenvalue weighted by molar-refractivity contribution is 5.20. The lowest BCUT2D eigenvalue weighted by atomic mass is 10.1. The van der Waals surface area contributed by atoms with Crippen molar-refractivity contribution < 1.29 is 4.52 Å². The summed E-state index contributed by atoms with van der Waals surface area (Å²) in [5.41, 5.74) is 3.57. The van der Waals surface area contributed by atoms with Crippen LogP contribution in [0.3, 0.4) is 0 Å². The Morgan fingerprint density at radius 2 is 1.95 bits per heavy atom. The van der Waals surface area contributed by atoms with Crippen LogP contribution in [-0.2, 0) is 13.0 Å². The van der Waals surface area contributed by atoms with Crippen LogP contribution < -0.4 is 5.32 Å². The second-order valence-electron chi connectivity index (χ2n) is 5.11. The van der Waals surface area contributed by atoms with Gasteiger partial charge in [-0.1, -0.05) is 35.5 Å². The van der Waals surface area contributed by atoms with Crippen molar-refractivity contribution in [2.75, 3.05) is 0 Å². The number of rotatable bonds is 6. The normalized spacial score (nSPS) is 12.6. The van der Waals surface area contributed by atoms with Gasteiger partial charge in [0, 0.05) is 18.2 Å². The summed E-state index contributed by atoms with van der Waals surface area (Å²) in [5, 5.41) is 7.51. The first-order valence-corrected chi connectivity index (χ1v) is 6.86. The monoisotopic (exact) mass is 258 g/mol. The van der Waals surface area contributed by atoms with Gasteiger partial charge < -0.3 is 9.84 Å². The molecule has 0 aliphatic heterocycles. The minimum absolute atomic E-state index is 0.480. The molecule has 0 aliphatic carbocycles. The summed E-state index contributed by atoms with van der Waals surface area (Å²) in [6.07, 6.45) is 2.24. The van der Waals surface area contributed by atoms with E-state index in [-0.39, 0.29) is 0 Å². The number of nitrogens with zero attached hydrogens (tertiary/aromatic N) is 1. The molecule has 102 valence electrons. The highest BCUT2D eigenvalue weighted by Crippen LogP contribution is 2.12. The van der Waals surface area contributed by atoms with Crippen molar-refractivity contribution >= 4 is 0 Å². The molecule has 1 heterocycles. The predicted octanol–water partition coefficient (Wildman–Crippen LogP) is 3.40. The van der Waals surface area contributed by atoms with E-state index in [0.29, 0.717) is 6.04 Å². The summed E-state index contributed by atoms with van der Waals surface area (Å²) in [4.78, 5) is 0. The maximum absolute atomic E-state index is 5.17. The summed E-state index contributed by atoms with van der Waals surface area (Å²) in [6.45, 7) is 7.01. The average Bonchev–Trinajstić information content (AvgIpc) is 2.75. The zero-order valence-electron chi connectivity index (χ0n) is 11.9. The Morgan fingerprint density at radius 3 is 2.58 bits per heavy atom. The van der Waals surface area contributed by atoms with E-state index in [2.05, 4.69) is 47.7 Å². The Balaban J connectivity index is 1.77. The van der Waals surface area contributed by atoms with Gasteiger partial charge in [-0.05, 0) is 39.2 Å². The smallest absolute Gasteiger partial charge is 0.138 e. The molecule has 0 aliphatic rings. The molecule has 1 N–H and O–H groups in total. The van der Waals surface area contributed by atoms with Gasteiger partial charge >= 0.3 is 0 Å². The lowest BCUT2D eigenvalue weighted by Crippen LogP contribution is -2.26. The van der Waals surface area contributed by atoms with E-state index < -0.39 is 0 Å². The maximum atomic E-state index is 5.17. The number of aryl methyl sites for hydroxylation is 3. The Morgan fingerprint density at radius 1 is 1.21 bits per heavy atom. The third-order valence-electron chi connectivity index (χ3n) is 3.52. The van der Waals surface area contributed by atoms with Crippen molar-refractivity contribution in [2.45, 2.75) is 46.2 Å². The van der Waals surface area contributed by atoms with Crippen molar-refractivity contribution in [3.8, 4) is 0 Å². The van der Waals surface area contributed by atoms with Crippen molar-refractivity contribution in [3.63, 3.8) is 0 Å². The van der Waals surface area contributed by atoms with Gasteiger partial charge in [0.2, 0.25) is 0 Å². The molecular weight excluding hydrogens is 236 g/mol. The van der Waals surface area contributed by atoms with Crippen LogP contribution in [-0.4, -0.2) is 11.2 Å². The highest BCUT2D eigenvalue weighted by Gasteiger charge is 2.10. The van der Waals surface area contributed by atoms with Crippen LogP contribution in [0.4, 0.5) is 0 Å². The van der Waals surface area contributed by atoms with Gasteiger partial charge in [-0.2, -0.15) is 0 Å². The maximum Gasteiger partial charge on any atom is 0.138 e. The molecule has 1 atom stereocenters. The topological polar surface area (TPSA) is 38.1 Å². The van der Waals surface area contributed by atoms with Crippen LogP contribution in [0.5, 0.6) is 0 Å². The van der Waals surface area contributed by atoms with Gasteiger partial charge in [-0.25, -0.2) is 0 Å². The molecule has 0 radical (unpaired) electrons. The molecule has 2 rings (SSSR count). The summed E-state index contributed by atoms with van der Waals surface area (Å²) in [6, 6.07) is 11.1. The third-order valence-corrected chi connectivity index (χ3v) is 3.52. The molecule has 2 aromatic rings. The Hall–Kier alpha value is -1.61. The summed E-state index contributed by atoms with van der Waals surface area (Å²) >= 11 is 0. The van der Waals surface area contributed by atoms with Gasteiger partial charge in [0.1, 0.15) is 5.76 Å². The number of benzene rings is 1. The van der Waals surface area contributed by atoms with Crippen LogP contribution in [0.15, 0.2) is 34.9 Å². The summed E-state index contributed by atoms with van der Waals surface area (Å²) in [5.74, 6) is 0.917. The Labute approximate surface area is 115 Å². The molecule has 3 heteroatoms. The van der Waals surface area contributed by atoms with Crippen LogP contribution in [0.1, 0.15) is 35.9 Å². The first-order chi connectivity index (χ1) is 9.16. The minimum atomic E-state index is 0.480. The first kappa shape index (κ1) is 13.8. The summed E-state index contributed by atoms with van der Waals surface area (Å²) in [7, 11) is 0. The van der Waals surface area contributed by atoms with E-state index in [4.69, 9.17) is 4.52 Å².